The number of rotatable bonds is 4. The van der Waals surface area contributed by atoms with Crippen molar-refractivity contribution in [2.75, 3.05) is 25.5 Å². The molecule has 1 rings (SSSR count). The predicted octanol–water partition coefficient (Wildman–Crippen LogP) is 2.00. The highest BCUT2D eigenvalue weighted by Gasteiger charge is 2.03. The Morgan fingerprint density at radius 3 is 3.00 bits per heavy atom. The van der Waals surface area contributed by atoms with Crippen LogP contribution in [-0.2, 0) is 6.42 Å². The Hall–Kier alpha value is -1.74. The van der Waals surface area contributed by atoms with Gasteiger partial charge in [0.1, 0.15) is 5.82 Å². The van der Waals surface area contributed by atoms with E-state index in [-0.39, 0.29) is 0 Å². The second kappa shape index (κ2) is 5.09. The van der Waals surface area contributed by atoms with Crippen LogP contribution in [0.1, 0.15) is 5.56 Å². The monoisotopic (exact) mass is 191 g/mol. The smallest absolute Gasteiger partial charge is 0.131 e. The molecule has 5 nitrogen and oxygen atoms in total. The third-order valence-electron chi connectivity index (χ3n) is 1.84. The fourth-order valence-electron chi connectivity index (χ4n) is 1.24. The first-order valence-electron chi connectivity index (χ1n) is 4.37. The second-order valence-electron chi connectivity index (χ2n) is 3.09. The van der Waals surface area contributed by atoms with Crippen LogP contribution < -0.4 is 4.90 Å². The van der Waals surface area contributed by atoms with Gasteiger partial charge in [-0.25, -0.2) is 4.98 Å². The van der Waals surface area contributed by atoms with Crippen molar-refractivity contribution >= 4 is 5.82 Å². The molecule has 0 spiro atoms. The molecule has 0 aromatic carbocycles. The zero-order valence-electron chi connectivity index (χ0n) is 8.38. The largest absolute Gasteiger partial charge is 0.363 e. The molecule has 1 aromatic heterocycles. The summed E-state index contributed by atoms with van der Waals surface area (Å²) in [7, 11) is 3.89. The maximum Gasteiger partial charge on any atom is 0.131 e. The molecule has 0 radical (unpaired) electrons. The average molecular weight is 191 g/mol. The van der Waals surface area contributed by atoms with Gasteiger partial charge in [-0.3, -0.25) is 0 Å². The summed E-state index contributed by atoms with van der Waals surface area (Å²) >= 11 is 0. The second-order valence-corrected chi connectivity index (χ2v) is 3.09. The molecular weight excluding hydrogens is 178 g/mol. The molecule has 14 heavy (non-hydrogen) atoms. The normalized spacial score (nSPS) is 9.29. The van der Waals surface area contributed by atoms with Crippen LogP contribution in [0, 0.1) is 0 Å². The minimum absolute atomic E-state index is 0.475. The maximum absolute atomic E-state index is 8.16. The van der Waals surface area contributed by atoms with E-state index in [4.69, 9.17) is 5.53 Å². The number of aromatic nitrogens is 1. The van der Waals surface area contributed by atoms with Crippen LogP contribution in [0.25, 0.3) is 10.4 Å². The molecule has 0 amide bonds. The maximum atomic E-state index is 8.16. The van der Waals surface area contributed by atoms with E-state index < -0.39 is 0 Å². The van der Waals surface area contributed by atoms with Crippen molar-refractivity contribution in [2.45, 2.75) is 6.42 Å². The Bertz CT molecular complexity index is 341. The van der Waals surface area contributed by atoms with Gasteiger partial charge in [0.2, 0.25) is 0 Å². The van der Waals surface area contributed by atoms with Gasteiger partial charge in [-0.2, -0.15) is 0 Å². The average Bonchev–Trinajstić information content (AvgIpc) is 2.19. The van der Waals surface area contributed by atoms with Crippen LogP contribution in [0.3, 0.4) is 0 Å². The van der Waals surface area contributed by atoms with E-state index in [2.05, 4.69) is 15.0 Å². The molecule has 0 atom stereocenters. The molecular formula is C9H13N5. The Morgan fingerprint density at radius 1 is 1.57 bits per heavy atom. The first kappa shape index (κ1) is 10.3. The van der Waals surface area contributed by atoms with Crippen molar-refractivity contribution in [1.82, 2.24) is 4.98 Å². The van der Waals surface area contributed by atoms with Crippen molar-refractivity contribution in [2.24, 2.45) is 5.11 Å². The van der Waals surface area contributed by atoms with Gasteiger partial charge in [-0.05, 0) is 23.6 Å². The van der Waals surface area contributed by atoms with Crippen LogP contribution in [0.5, 0.6) is 0 Å². The molecule has 0 unspecified atom stereocenters. The van der Waals surface area contributed by atoms with E-state index in [1.165, 1.54) is 0 Å². The van der Waals surface area contributed by atoms with Crippen molar-refractivity contribution in [3.63, 3.8) is 0 Å². The van der Waals surface area contributed by atoms with Gasteiger partial charge in [-0.1, -0.05) is 11.2 Å². The minimum Gasteiger partial charge on any atom is -0.363 e. The summed E-state index contributed by atoms with van der Waals surface area (Å²) in [6, 6.07) is 3.88. The van der Waals surface area contributed by atoms with Gasteiger partial charge >= 0.3 is 0 Å². The van der Waals surface area contributed by atoms with Crippen molar-refractivity contribution < 1.29 is 0 Å². The Morgan fingerprint density at radius 2 is 2.36 bits per heavy atom. The SMILES string of the molecule is CN(C)c1ncccc1CCN=[N+]=[N-]. The Balaban J connectivity index is 2.79. The molecule has 0 aliphatic rings. The molecule has 1 heterocycles. The quantitative estimate of drug-likeness (QED) is 0.415. The Kier molecular flexibility index (Phi) is 3.76. The number of hydrogen-bond donors (Lipinski definition) is 0. The predicted molar refractivity (Wildman–Crippen MR) is 56.3 cm³/mol. The lowest BCUT2D eigenvalue weighted by molar-refractivity contribution is 0.927. The number of pyridine rings is 1. The minimum atomic E-state index is 0.475. The van der Waals surface area contributed by atoms with E-state index in [1.807, 2.05) is 31.1 Å². The Labute approximate surface area is 83.0 Å². The van der Waals surface area contributed by atoms with Gasteiger partial charge in [0.15, 0.2) is 0 Å². The van der Waals surface area contributed by atoms with E-state index in [0.717, 1.165) is 17.8 Å². The van der Waals surface area contributed by atoms with Crippen LogP contribution in [-0.4, -0.2) is 25.6 Å². The first-order chi connectivity index (χ1) is 6.75. The molecule has 0 N–H and O–H groups in total. The molecule has 5 heteroatoms. The molecule has 0 saturated heterocycles. The van der Waals surface area contributed by atoms with E-state index in [0.29, 0.717) is 6.54 Å². The summed E-state index contributed by atoms with van der Waals surface area (Å²) in [5.74, 6) is 0.931. The summed E-state index contributed by atoms with van der Waals surface area (Å²) < 4.78 is 0. The molecule has 74 valence electrons. The summed E-state index contributed by atoms with van der Waals surface area (Å²) in [6.07, 6.45) is 2.48. The lowest BCUT2D eigenvalue weighted by Crippen LogP contribution is -2.13. The first-order valence-corrected chi connectivity index (χ1v) is 4.37. The van der Waals surface area contributed by atoms with Gasteiger partial charge in [0.05, 0.1) is 0 Å². The molecule has 0 bridgehead atoms. The third kappa shape index (κ3) is 2.64. The fraction of sp³-hybridized carbons (Fsp3) is 0.444. The van der Waals surface area contributed by atoms with Crippen molar-refractivity contribution in [3.05, 3.63) is 34.3 Å². The summed E-state index contributed by atoms with van der Waals surface area (Å²) in [4.78, 5) is 8.91. The van der Waals surface area contributed by atoms with Gasteiger partial charge in [0.25, 0.3) is 0 Å². The van der Waals surface area contributed by atoms with Crippen molar-refractivity contribution in [3.8, 4) is 0 Å². The zero-order chi connectivity index (χ0) is 10.4. The number of azide groups is 1. The van der Waals surface area contributed by atoms with Gasteiger partial charge in [0, 0.05) is 31.7 Å². The van der Waals surface area contributed by atoms with Crippen LogP contribution >= 0.6 is 0 Å². The highest BCUT2D eigenvalue weighted by atomic mass is 15.1. The van der Waals surface area contributed by atoms with Crippen molar-refractivity contribution in [1.29, 1.82) is 0 Å². The van der Waals surface area contributed by atoms with Gasteiger partial charge in [-0.15, -0.1) is 0 Å². The summed E-state index contributed by atoms with van der Waals surface area (Å²) in [5, 5.41) is 3.50. The van der Waals surface area contributed by atoms with Crippen LogP contribution in [0.15, 0.2) is 23.4 Å². The molecule has 0 aliphatic carbocycles. The molecule has 1 aromatic rings. The zero-order valence-corrected chi connectivity index (χ0v) is 8.38. The lowest BCUT2D eigenvalue weighted by Gasteiger charge is -2.14. The molecule has 0 fully saturated rings. The molecule has 0 aliphatic heterocycles. The van der Waals surface area contributed by atoms with E-state index in [1.54, 1.807) is 6.20 Å². The standard InChI is InChI=1S/C9H13N5/c1-14(2)9-8(4-3-6-11-9)5-7-12-13-10/h3-4,6H,5,7H2,1-2H3. The van der Waals surface area contributed by atoms with Crippen LogP contribution in [0.4, 0.5) is 5.82 Å². The lowest BCUT2D eigenvalue weighted by atomic mass is 10.2. The summed E-state index contributed by atoms with van der Waals surface area (Å²) in [6.45, 7) is 0.475. The number of hydrogen-bond acceptors (Lipinski definition) is 3. The van der Waals surface area contributed by atoms with E-state index >= 15 is 0 Å². The highest BCUT2D eigenvalue weighted by molar-refractivity contribution is 5.45. The molecule has 0 saturated carbocycles. The fourth-order valence-corrected chi connectivity index (χ4v) is 1.24. The summed E-state index contributed by atoms with van der Waals surface area (Å²) in [5.41, 5.74) is 9.26. The van der Waals surface area contributed by atoms with E-state index in [9.17, 15) is 0 Å². The van der Waals surface area contributed by atoms with Gasteiger partial charge < -0.3 is 4.90 Å². The highest BCUT2D eigenvalue weighted by Crippen LogP contribution is 2.14. The number of nitrogens with zero attached hydrogens (tertiary/aromatic N) is 5. The van der Waals surface area contributed by atoms with Crippen LogP contribution in [0.2, 0.25) is 0 Å². The topological polar surface area (TPSA) is 64.9 Å². The number of anilines is 1. The third-order valence-corrected chi connectivity index (χ3v) is 1.84.